The van der Waals surface area contributed by atoms with Crippen molar-refractivity contribution in [3.8, 4) is 5.75 Å². The van der Waals surface area contributed by atoms with Gasteiger partial charge in [0, 0.05) is 26.2 Å². The van der Waals surface area contributed by atoms with Gasteiger partial charge in [-0.2, -0.15) is 5.10 Å². The number of aliphatic hydroxyl groups excluding tert-OH is 1. The predicted octanol–water partition coefficient (Wildman–Crippen LogP) is 2.35. The molecule has 25 heavy (non-hydrogen) atoms. The number of rotatable bonds is 11. The van der Waals surface area contributed by atoms with Crippen LogP contribution in [-0.2, 0) is 6.54 Å². The van der Waals surface area contributed by atoms with Crippen LogP contribution < -0.4 is 15.4 Å². The molecule has 0 amide bonds. The first-order chi connectivity index (χ1) is 12.1. The first kappa shape index (κ1) is 19.3. The molecule has 0 aliphatic rings. The van der Waals surface area contributed by atoms with Crippen molar-refractivity contribution in [2.24, 2.45) is 0 Å². The lowest BCUT2D eigenvalue weighted by Crippen LogP contribution is -2.34. The molecular weight excluding hydrogens is 316 g/mol. The topological polar surface area (TPSA) is 71.3 Å². The van der Waals surface area contributed by atoms with Gasteiger partial charge >= 0.3 is 0 Å². The maximum absolute atomic E-state index is 9.96. The summed E-state index contributed by atoms with van der Waals surface area (Å²) < 4.78 is 7.59. The highest BCUT2D eigenvalue weighted by Crippen LogP contribution is 2.19. The lowest BCUT2D eigenvalue weighted by molar-refractivity contribution is 0.107. The molecule has 2 rings (SSSR count). The van der Waals surface area contributed by atoms with Crippen LogP contribution >= 0.6 is 0 Å². The molecule has 1 atom stereocenters. The summed E-state index contributed by atoms with van der Waals surface area (Å²) in [7, 11) is 0. The average molecular weight is 346 g/mol. The van der Waals surface area contributed by atoms with Gasteiger partial charge in [-0.25, -0.2) is 0 Å². The molecule has 0 aliphatic carbocycles. The van der Waals surface area contributed by atoms with E-state index in [2.05, 4.69) is 34.3 Å². The molecule has 0 radical (unpaired) electrons. The first-order valence-electron chi connectivity index (χ1n) is 8.96. The van der Waals surface area contributed by atoms with E-state index < -0.39 is 6.10 Å². The quantitative estimate of drug-likeness (QED) is 0.545. The highest BCUT2D eigenvalue weighted by Gasteiger charge is 2.10. The van der Waals surface area contributed by atoms with Crippen LogP contribution in [0, 0.1) is 13.8 Å². The molecular formula is C19H30N4O2. The first-order valence-corrected chi connectivity index (χ1v) is 8.96. The Labute approximate surface area is 150 Å². The summed E-state index contributed by atoms with van der Waals surface area (Å²) in [5.41, 5.74) is 3.32. The number of para-hydroxylation sites is 1. The largest absolute Gasteiger partial charge is 0.491 e. The average Bonchev–Trinajstić information content (AvgIpc) is 2.88. The second kappa shape index (κ2) is 10.1. The van der Waals surface area contributed by atoms with Gasteiger partial charge in [-0.1, -0.05) is 25.1 Å². The zero-order valence-electron chi connectivity index (χ0n) is 15.5. The third-order valence-corrected chi connectivity index (χ3v) is 3.99. The van der Waals surface area contributed by atoms with E-state index in [1.54, 1.807) is 0 Å². The minimum Gasteiger partial charge on any atom is -0.491 e. The fourth-order valence-electron chi connectivity index (χ4n) is 2.69. The molecule has 0 spiro atoms. The van der Waals surface area contributed by atoms with E-state index in [-0.39, 0.29) is 6.61 Å². The summed E-state index contributed by atoms with van der Waals surface area (Å²) in [5.74, 6) is 0.776. The van der Waals surface area contributed by atoms with Crippen molar-refractivity contribution in [1.82, 2.24) is 15.1 Å². The third kappa shape index (κ3) is 6.07. The Morgan fingerprint density at radius 2 is 1.96 bits per heavy atom. The molecule has 0 saturated heterocycles. The van der Waals surface area contributed by atoms with Gasteiger partial charge in [0.25, 0.3) is 0 Å². The van der Waals surface area contributed by atoms with Gasteiger partial charge in [-0.3, -0.25) is 4.68 Å². The van der Waals surface area contributed by atoms with Crippen molar-refractivity contribution in [1.29, 1.82) is 0 Å². The molecule has 1 aromatic heterocycles. The maximum atomic E-state index is 9.96. The van der Waals surface area contributed by atoms with Crippen molar-refractivity contribution < 1.29 is 9.84 Å². The van der Waals surface area contributed by atoms with Crippen molar-refractivity contribution in [2.45, 2.75) is 39.8 Å². The summed E-state index contributed by atoms with van der Waals surface area (Å²) in [5, 5.41) is 21.2. The SMILES string of the molecule is CCCn1nc(C)c(NCCNCC(O)COc2ccccc2)c1C. The summed E-state index contributed by atoms with van der Waals surface area (Å²) in [6, 6.07) is 9.53. The Hall–Kier alpha value is -2.05. The number of nitrogens with zero attached hydrogens (tertiary/aromatic N) is 2. The standard InChI is InChI=1S/C19H30N4O2/c1-4-12-23-16(3)19(15(2)22-23)21-11-10-20-13-17(24)14-25-18-8-6-5-7-9-18/h5-9,17,20-21,24H,4,10-14H2,1-3H3. The van der Waals surface area contributed by atoms with E-state index in [0.717, 1.165) is 43.2 Å². The van der Waals surface area contributed by atoms with E-state index in [1.807, 2.05) is 37.3 Å². The number of benzene rings is 1. The van der Waals surface area contributed by atoms with Crippen molar-refractivity contribution in [3.63, 3.8) is 0 Å². The van der Waals surface area contributed by atoms with Gasteiger partial charge in [0.1, 0.15) is 18.5 Å². The maximum Gasteiger partial charge on any atom is 0.119 e. The molecule has 1 aromatic carbocycles. The highest BCUT2D eigenvalue weighted by atomic mass is 16.5. The molecule has 0 bridgehead atoms. The van der Waals surface area contributed by atoms with E-state index in [1.165, 1.54) is 5.69 Å². The van der Waals surface area contributed by atoms with E-state index in [9.17, 15) is 5.11 Å². The van der Waals surface area contributed by atoms with E-state index in [4.69, 9.17) is 4.74 Å². The second-order valence-electron chi connectivity index (χ2n) is 6.18. The Balaban J connectivity index is 1.63. The normalized spacial score (nSPS) is 12.2. The Bertz CT molecular complexity index is 628. The van der Waals surface area contributed by atoms with Crippen LogP contribution in [0.2, 0.25) is 0 Å². The number of aromatic nitrogens is 2. The van der Waals surface area contributed by atoms with Gasteiger partial charge in [0.05, 0.1) is 17.1 Å². The third-order valence-electron chi connectivity index (χ3n) is 3.99. The van der Waals surface area contributed by atoms with Crippen LogP contribution in [0.3, 0.4) is 0 Å². The van der Waals surface area contributed by atoms with E-state index >= 15 is 0 Å². The van der Waals surface area contributed by atoms with Crippen molar-refractivity contribution in [2.75, 3.05) is 31.6 Å². The number of anilines is 1. The van der Waals surface area contributed by atoms with Crippen LogP contribution in [0.1, 0.15) is 24.7 Å². The molecule has 0 aliphatic heterocycles. The second-order valence-corrected chi connectivity index (χ2v) is 6.18. The Kier molecular flexibility index (Phi) is 7.76. The van der Waals surface area contributed by atoms with Crippen LogP contribution in [0.25, 0.3) is 0 Å². The van der Waals surface area contributed by atoms with Crippen molar-refractivity contribution >= 4 is 5.69 Å². The smallest absolute Gasteiger partial charge is 0.119 e. The van der Waals surface area contributed by atoms with Gasteiger partial charge in [0.15, 0.2) is 0 Å². The number of ether oxygens (including phenoxy) is 1. The minimum absolute atomic E-state index is 0.284. The summed E-state index contributed by atoms with van der Waals surface area (Å²) in [4.78, 5) is 0. The van der Waals surface area contributed by atoms with Crippen LogP contribution in [0.15, 0.2) is 30.3 Å². The molecule has 2 aromatic rings. The predicted molar refractivity (Wildman–Crippen MR) is 101 cm³/mol. The van der Waals surface area contributed by atoms with E-state index in [0.29, 0.717) is 6.54 Å². The lowest BCUT2D eigenvalue weighted by atomic mass is 10.3. The molecule has 0 fully saturated rings. The lowest BCUT2D eigenvalue weighted by Gasteiger charge is -2.14. The zero-order chi connectivity index (χ0) is 18.1. The molecule has 3 N–H and O–H groups in total. The number of aryl methyl sites for hydroxylation is 2. The highest BCUT2D eigenvalue weighted by molar-refractivity contribution is 5.52. The molecule has 1 unspecified atom stereocenters. The molecule has 138 valence electrons. The molecule has 0 saturated carbocycles. The fourth-order valence-corrected chi connectivity index (χ4v) is 2.69. The van der Waals surface area contributed by atoms with Crippen LogP contribution in [-0.4, -0.2) is 47.2 Å². The summed E-state index contributed by atoms with van der Waals surface area (Å²) >= 11 is 0. The molecule has 6 nitrogen and oxygen atoms in total. The monoisotopic (exact) mass is 346 g/mol. The Morgan fingerprint density at radius 1 is 1.20 bits per heavy atom. The summed E-state index contributed by atoms with van der Waals surface area (Å²) in [6.07, 6.45) is 0.544. The number of hydrogen-bond donors (Lipinski definition) is 3. The van der Waals surface area contributed by atoms with Crippen molar-refractivity contribution in [3.05, 3.63) is 41.7 Å². The van der Waals surface area contributed by atoms with Crippen LogP contribution in [0.5, 0.6) is 5.75 Å². The number of nitrogens with one attached hydrogen (secondary N) is 2. The van der Waals surface area contributed by atoms with Crippen LogP contribution in [0.4, 0.5) is 5.69 Å². The molecule has 6 heteroatoms. The van der Waals surface area contributed by atoms with Gasteiger partial charge in [-0.15, -0.1) is 0 Å². The number of hydrogen-bond acceptors (Lipinski definition) is 5. The zero-order valence-corrected chi connectivity index (χ0v) is 15.5. The number of aliphatic hydroxyl groups is 1. The van der Waals surface area contributed by atoms with Gasteiger partial charge in [0.2, 0.25) is 0 Å². The van der Waals surface area contributed by atoms with Gasteiger partial charge < -0.3 is 20.5 Å². The van der Waals surface area contributed by atoms with Gasteiger partial charge in [-0.05, 0) is 32.4 Å². The fraction of sp³-hybridized carbons (Fsp3) is 0.526. The Morgan fingerprint density at radius 3 is 2.68 bits per heavy atom. The molecule has 1 heterocycles. The summed E-state index contributed by atoms with van der Waals surface area (Å²) in [6.45, 7) is 9.55. The minimum atomic E-state index is -0.531.